The van der Waals surface area contributed by atoms with Gasteiger partial charge in [0.15, 0.2) is 0 Å². The Balaban J connectivity index is 2.70. The number of aromatic hydroxyl groups is 1. The largest absolute Gasteiger partial charge is 0.508 e. The van der Waals surface area contributed by atoms with Gasteiger partial charge in [-0.1, -0.05) is 19.1 Å². The van der Waals surface area contributed by atoms with Crippen LogP contribution in [0.2, 0.25) is 0 Å². The maximum absolute atomic E-state index is 9.64. The second-order valence-electron chi connectivity index (χ2n) is 4.24. The van der Waals surface area contributed by atoms with Crippen LogP contribution < -0.4 is 0 Å². The van der Waals surface area contributed by atoms with E-state index in [4.69, 9.17) is 0 Å². The van der Waals surface area contributed by atoms with E-state index in [-0.39, 0.29) is 11.7 Å². The van der Waals surface area contributed by atoms with Gasteiger partial charge in [-0.05, 0) is 43.4 Å². The van der Waals surface area contributed by atoms with Crippen LogP contribution in [0.1, 0.15) is 38.2 Å². The Labute approximate surface area is 96.4 Å². The molecule has 3 nitrogen and oxygen atoms in total. The summed E-state index contributed by atoms with van der Waals surface area (Å²) in [5.41, 5.74) is 1.08. The van der Waals surface area contributed by atoms with Gasteiger partial charge in [0.1, 0.15) is 5.75 Å². The minimum atomic E-state index is -0.703. The fourth-order valence-electron chi connectivity index (χ4n) is 1.77. The van der Waals surface area contributed by atoms with Crippen molar-refractivity contribution in [2.45, 2.75) is 44.8 Å². The Morgan fingerprint density at radius 3 is 2.12 bits per heavy atom. The molecular weight excluding hydrogens is 204 g/mol. The smallest absolute Gasteiger partial charge is 0.115 e. The van der Waals surface area contributed by atoms with Gasteiger partial charge in [-0.25, -0.2) is 0 Å². The summed E-state index contributed by atoms with van der Waals surface area (Å²) in [7, 11) is 0. The zero-order chi connectivity index (χ0) is 12.1. The first-order chi connectivity index (χ1) is 7.54. The summed E-state index contributed by atoms with van der Waals surface area (Å²) < 4.78 is 0. The van der Waals surface area contributed by atoms with Crippen molar-refractivity contribution in [2.75, 3.05) is 0 Å². The molecule has 0 spiro atoms. The molecule has 1 rings (SSSR count). The van der Waals surface area contributed by atoms with E-state index in [1.807, 2.05) is 19.1 Å². The lowest BCUT2D eigenvalue weighted by Crippen LogP contribution is -2.24. The van der Waals surface area contributed by atoms with Crippen molar-refractivity contribution in [3.63, 3.8) is 0 Å². The van der Waals surface area contributed by atoms with E-state index in [0.29, 0.717) is 6.42 Å². The van der Waals surface area contributed by atoms with Crippen LogP contribution in [0.3, 0.4) is 0 Å². The van der Waals surface area contributed by atoms with Crippen molar-refractivity contribution in [1.29, 1.82) is 0 Å². The minimum Gasteiger partial charge on any atom is -0.508 e. The van der Waals surface area contributed by atoms with Gasteiger partial charge in [0.05, 0.1) is 12.2 Å². The highest BCUT2D eigenvalue weighted by Crippen LogP contribution is 2.26. The number of benzene rings is 1. The average Bonchev–Trinajstić information content (AvgIpc) is 2.26. The summed E-state index contributed by atoms with van der Waals surface area (Å²) in [4.78, 5) is 0. The van der Waals surface area contributed by atoms with E-state index in [1.54, 1.807) is 19.1 Å². The van der Waals surface area contributed by atoms with Crippen LogP contribution in [0.15, 0.2) is 24.3 Å². The number of rotatable bonds is 5. The van der Waals surface area contributed by atoms with Crippen LogP contribution >= 0.6 is 0 Å². The Bertz CT molecular complexity index is 305. The van der Waals surface area contributed by atoms with E-state index in [0.717, 1.165) is 12.0 Å². The summed E-state index contributed by atoms with van der Waals surface area (Å²) in [6, 6.07) is 7.01. The molecule has 0 radical (unpaired) electrons. The van der Waals surface area contributed by atoms with Crippen molar-refractivity contribution in [3.05, 3.63) is 29.8 Å². The normalized spacial score (nSPS) is 16.8. The maximum atomic E-state index is 9.64. The Hall–Kier alpha value is -1.06. The molecule has 3 atom stereocenters. The lowest BCUT2D eigenvalue weighted by Gasteiger charge is -2.21. The van der Waals surface area contributed by atoms with E-state index in [2.05, 4.69) is 0 Å². The molecule has 90 valence electrons. The third-order valence-electron chi connectivity index (χ3n) is 2.94. The van der Waals surface area contributed by atoms with Crippen LogP contribution in [0.4, 0.5) is 0 Å². The van der Waals surface area contributed by atoms with Crippen molar-refractivity contribution in [2.24, 2.45) is 0 Å². The SMILES string of the molecule is CCC(CC(O)C(C)O)c1ccc(O)cc1. The molecular formula is C13H20O3. The molecule has 3 N–H and O–H groups in total. The molecule has 3 heteroatoms. The van der Waals surface area contributed by atoms with Crippen molar-refractivity contribution >= 4 is 0 Å². The number of aliphatic hydroxyl groups excluding tert-OH is 2. The Morgan fingerprint density at radius 2 is 1.69 bits per heavy atom. The van der Waals surface area contributed by atoms with Crippen LogP contribution in [0.25, 0.3) is 0 Å². The van der Waals surface area contributed by atoms with Gasteiger partial charge in [0.25, 0.3) is 0 Å². The summed E-state index contributed by atoms with van der Waals surface area (Å²) in [6.45, 7) is 3.64. The highest BCUT2D eigenvalue weighted by Gasteiger charge is 2.18. The average molecular weight is 224 g/mol. The molecule has 3 unspecified atom stereocenters. The van der Waals surface area contributed by atoms with Crippen LogP contribution in [-0.4, -0.2) is 27.5 Å². The molecule has 0 fully saturated rings. The van der Waals surface area contributed by atoms with Crippen LogP contribution in [0, 0.1) is 0 Å². The predicted octanol–water partition coefficient (Wildman–Crippen LogP) is 2.02. The molecule has 0 aliphatic heterocycles. The van der Waals surface area contributed by atoms with E-state index in [9.17, 15) is 15.3 Å². The topological polar surface area (TPSA) is 60.7 Å². The monoisotopic (exact) mass is 224 g/mol. The predicted molar refractivity (Wildman–Crippen MR) is 63.4 cm³/mol. The molecule has 0 aromatic heterocycles. The number of phenolic OH excluding ortho intramolecular Hbond substituents is 1. The molecule has 0 aliphatic rings. The standard InChI is InChI=1S/C13H20O3/c1-3-10(8-13(16)9(2)14)11-4-6-12(15)7-5-11/h4-7,9-10,13-16H,3,8H2,1-2H3. The third-order valence-corrected chi connectivity index (χ3v) is 2.94. The summed E-state index contributed by atoms with van der Waals surface area (Å²) in [5.74, 6) is 0.458. The first-order valence-corrected chi connectivity index (χ1v) is 5.69. The van der Waals surface area contributed by atoms with Crippen molar-refractivity contribution < 1.29 is 15.3 Å². The second kappa shape index (κ2) is 5.87. The minimum absolute atomic E-state index is 0.213. The fourth-order valence-corrected chi connectivity index (χ4v) is 1.77. The quantitative estimate of drug-likeness (QED) is 0.717. The molecule has 0 heterocycles. The summed E-state index contributed by atoms with van der Waals surface area (Å²) >= 11 is 0. The van der Waals surface area contributed by atoms with Gasteiger partial charge in [-0.2, -0.15) is 0 Å². The number of hydrogen-bond donors (Lipinski definition) is 3. The summed E-state index contributed by atoms with van der Waals surface area (Å²) in [5, 5.41) is 28.1. The second-order valence-corrected chi connectivity index (χ2v) is 4.24. The van der Waals surface area contributed by atoms with Gasteiger partial charge in [0.2, 0.25) is 0 Å². The first-order valence-electron chi connectivity index (χ1n) is 5.69. The van der Waals surface area contributed by atoms with Gasteiger partial charge >= 0.3 is 0 Å². The third kappa shape index (κ3) is 3.51. The number of phenols is 1. The molecule has 0 saturated carbocycles. The summed E-state index contributed by atoms with van der Waals surface area (Å²) in [6.07, 6.45) is 0.0398. The Morgan fingerprint density at radius 1 is 1.12 bits per heavy atom. The molecule has 0 aliphatic carbocycles. The number of aliphatic hydroxyl groups is 2. The lowest BCUT2D eigenvalue weighted by atomic mass is 9.89. The van der Waals surface area contributed by atoms with Gasteiger partial charge in [-0.15, -0.1) is 0 Å². The van der Waals surface area contributed by atoms with Gasteiger partial charge < -0.3 is 15.3 Å². The first kappa shape index (κ1) is 13.0. The van der Waals surface area contributed by atoms with Crippen molar-refractivity contribution in [1.82, 2.24) is 0 Å². The Kier molecular flexibility index (Phi) is 4.77. The van der Waals surface area contributed by atoms with E-state index in [1.165, 1.54) is 0 Å². The van der Waals surface area contributed by atoms with Crippen LogP contribution in [-0.2, 0) is 0 Å². The molecule has 0 amide bonds. The fraction of sp³-hybridized carbons (Fsp3) is 0.538. The highest BCUT2D eigenvalue weighted by atomic mass is 16.3. The zero-order valence-corrected chi connectivity index (χ0v) is 9.80. The van der Waals surface area contributed by atoms with Gasteiger partial charge in [0, 0.05) is 0 Å². The lowest BCUT2D eigenvalue weighted by molar-refractivity contribution is 0.0215. The van der Waals surface area contributed by atoms with Crippen molar-refractivity contribution in [3.8, 4) is 5.75 Å². The maximum Gasteiger partial charge on any atom is 0.115 e. The van der Waals surface area contributed by atoms with E-state index < -0.39 is 12.2 Å². The molecule has 1 aromatic carbocycles. The van der Waals surface area contributed by atoms with Crippen LogP contribution in [0.5, 0.6) is 5.75 Å². The number of hydrogen-bond acceptors (Lipinski definition) is 3. The molecule has 16 heavy (non-hydrogen) atoms. The molecule has 0 saturated heterocycles. The molecule has 1 aromatic rings. The highest BCUT2D eigenvalue weighted by molar-refractivity contribution is 5.28. The van der Waals surface area contributed by atoms with E-state index >= 15 is 0 Å². The van der Waals surface area contributed by atoms with Gasteiger partial charge in [-0.3, -0.25) is 0 Å². The molecule has 0 bridgehead atoms. The zero-order valence-electron chi connectivity index (χ0n) is 9.80.